The van der Waals surface area contributed by atoms with Gasteiger partial charge in [-0.2, -0.15) is 8.78 Å². The first kappa shape index (κ1) is 27.9. The Hall–Kier alpha value is -4.68. The molecule has 0 spiro atoms. The molecular weight excluding hydrogens is 543 g/mol. The zero-order valence-corrected chi connectivity index (χ0v) is 22.2. The van der Waals surface area contributed by atoms with Gasteiger partial charge in [0.15, 0.2) is 5.41 Å². The molecule has 13 heteroatoms. The number of fused-ring (bicyclic) bond motifs is 1. The second kappa shape index (κ2) is 11.1. The van der Waals surface area contributed by atoms with Crippen molar-refractivity contribution in [1.82, 2.24) is 19.4 Å². The lowest BCUT2D eigenvalue weighted by atomic mass is 9.78. The molecule has 41 heavy (non-hydrogen) atoms. The van der Waals surface area contributed by atoms with Crippen molar-refractivity contribution in [3.05, 3.63) is 71.7 Å². The van der Waals surface area contributed by atoms with E-state index in [1.54, 1.807) is 40.6 Å². The lowest BCUT2D eigenvalue weighted by Crippen LogP contribution is -2.50. The predicted octanol–water partition coefficient (Wildman–Crippen LogP) is 4.28. The number of carbonyl (C=O) groups is 2. The standard InChI is InChI=1S/C28H26F3N5O5/c1-16-21(11-17-5-3-4-6-22(17)41-26(30)31)36-15-19(20(29)12-23(36)34-16)18-13-32-27(33-14-18)35-9-7-28(8-10-35,24(37)38)25(39)40-2/h3-6,12-15,26H,7-11H2,1-2H3,(H,37,38). The lowest BCUT2D eigenvalue weighted by Gasteiger charge is -2.36. The van der Waals surface area contributed by atoms with E-state index in [1.807, 2.05) is 0 Å². The summed E-state index contributed by atoms with van der Waals surface area (Å²) in [6, 6.07) is 7.74. The van der Waals surface area contributed by atoms with Gasteiger partial charge in [0, 0.05) is 66.6 Å². The number of aromatic nitrogens is 4. The monoisotopic (exact) mass is 569 g/mol. The highest BCUT2D eigenvalue weighted by molar-refractivity contribution is 5.99. The summed E-state index contributed by atoms with van der Waals surface area (Å²) in [5.74, 6) is -2.20. The maximum absolute atomic E-state index is 15.2. The van der Waals surface area contributed by atoms with Crippen molar-refractivity contribution in [2.45, 2.75) is 32.8 Å². The average molecular weight is 570 g/mol. The number of carboxylic acids is 1. The van der Waals surface area contributed by atoms with E-state index < -0.39 is 29.8 Å². The van der Waals surface area contributed by atoms with Crippen molar-refractivity contribution in [2.75, 3.05) is 25.1 Å². The molecule has 0 radical (unpaired) electrons. The molecule has 1 aliphatic rings. The Morgan fingerprint density at radius 2 is 1.83 bits per heavy atom. The van der Waals surface area contributed by atoms with Crippen LogP contribution < -0.4 is 9.64 Å². The van der Waals surface area contributed by atoms with Gasteiger partial charge in [-0.1, -0.05) is 18.2 Å². The molecule has 214 valence electrons. The molecule has 4 aromatic rings. The number of para-hydroxylation sites is 1. The van der Waals surface area contributed by atoms with Crippen molar-refractivity contribution in [3.8, 4) is 16.9 Å². The molecule has 10 nitrogen and oxygen atoms in total. The van der Waals surface area contributed by atoms with Gasteiger partial charge in [-0.05, 0) is 25.8 Å². The van der Waals surface area contributed by atoms with Gasteiger partial charge in [0.1, 0.15) is 17.2 Å². The summed E-state index contributed by atoms with van der Waals surface area (Å²) in [5.41, 5.74) is 1.13. The fourth-order valence-corrected chi connectivity index (χ4v) is 5.11. The molecule has 3 aromatic heterocycles. The van der Waals surface area contributed by atoms with Crippen molar-refractivity contribution in [3.63, 3.8) is 0 Å². The van der Waals surface area contributed by atoms with E-state index in [4.69, 9.17) is 4.74 Å². The van der Waals surface area contributed by atoms with Gasteiger partial charge in [-0.3, -0.25) is 9.59 Å². The van der Waals surface area contributed by atoms with Crippen LogP contribution in [0, 0.1) is 18.2 Å². The van der Waals surface area contributed by atoms with Crippen LogP contribution in [0.5, 0.6) is 5.75 Å². The van der Waals surface area contributed by atoms with Gasteiger partial charge in [-0.25, -0.2) is 19.3 Å². The number of esters is 1. The summed E-state index contributed by atoms with van der Waals surface area (Å²) in [4.78, 5) is 38.9. The predicted molar refractivity (Wildman–Crippen MR) is 140 cm³/mol. The highest BCUT2D eigenvalue weighted by Crippen LogP contribution is 2.35. The van der Waals surface area contributed by atoms with Crippen LogP contribution in [-0.2, 0) is 20.7 Å². The molecule has 0 aliphatic carbocycles. The summed E-state index contributed by atoms with van der Waals surface area (Å²) in [6.45, 7) is -0.780. The molecule has 1 N–H and O–H groups in total. The fraction of sp³-hybridized carbons (Fsp3) is 0.321. The molecule has 4 heterocycles. The van der Waals surface area contributed by atoms with Crippen LogP contribution in [-0.4, -0.2) is 63.2 Å². The molecule has 0 amide bonds. The van der Waals surface area contributed by atoms with Gasteiger partial charge in [0.25, 0.3) is 0 Å². The maximum atomic E-state index is 15.2. The van der Waals surface area contributed by atoms with Crippen LogP contribution >= 0.6 is 0 Å². The molecule has 1 saturated heterocycles. The molecule has 1 fully saturated rings. The van der Waals surface area contributed by atoms with Gasteiger partial charge < -0.3 is 23.9 Å². The molecule has 5 rings (SSSR count). The first-order valence-electron chi connectivity index (χ1n) is 12.7. The summed E-state index contributed by atoms with van der Waals surface area (Å²) in [5, 5.41) is 9.63. The summed E-state index contributed by atoms with van der Waals surface area (Å²) in [6.07, 6.45) is 4.75. The van der Waals surface area contributed by atoms with E-state index in [0.717, 1.165) is 7.11 Å². The number of alkyl halides is 2. The number of aryl methyl sites for hydroxylation is 1. The lowest BCUT2D eigenvalue weighted by molar-refractivity contribution is -0.168. The third kappa shape index (κ3) is 5.26. The smallest absolute Gasteiger partial charge is 0.387 e. The van der Waals surface area contributed by atoms with Crippen LogP contribution in [0.4, 0.5) is 19.1 Å². The summed E-state index contributed by atoms with van der Waals surface area (Å²) in [7, 11) is 1.16. The Labute approximate surface area is 232 Å². The summed E-state index contributed by atoms with van der Waals surface area (Å²) < 4.78 is 52.1. The fourth-order valence-electron chi connectivity index (χ4n) is 5.11. The first-order valence-corrected chi connectivity index (χ1v) is 12.7. The minimum atomic E-state index is -2.97. The van der Waals surface area contributed by atoms with Crippen LogP contribution in [0.15, 0.2) is 48.9 Å². The Balaban J connectivity index is 1.41. The molecule has 0 atom stereocenters. The molecule has 0 unspecified atom stereocenters. The highest BCUT2D eigenvalue weighted by Gasteiger charge is 2.49. The van der Waals surface area contributed by atoms with Crippen LogP contribution in [0.3, 0.4) is 0 Å². The van der Waals surface area contributed by atoms with E-state index in [-0.39, 0.29) is 43.7 Å². The van der Waals surface area contributed by atoms with E-state index in [1.165, 1.54) is 24.5 Å². The number of nitrogens with zero attached hydrogens (tertiary/aromatic N) is 5. The number of methoxy groups -OCH3 is 1. The van der Waals surface area contributed by atoms with Crippen LogP contribution in [0.2, 0.25) is 0 Å². The minimum absolute atomic E-state index is 0.0274. The second-order valence-corrected chi connectivity index (χ2v) is 9.71. The molecule has 0 saturated carbocycles. The van der Waals surface area contributed by atoms with E-state index in [9.17, 15) is 23.5 Å². The Morgan fingerprint density at radius 3 is 2.46 bits per heavy atom. The Morgan fingerprint density at radius 1 is 1.15 bits per heavy atom. The Kier molecular flexibility index (Phi) is 7.52. The third-order valence-corrected chi connectivity index (χ3v) is 7.39. The van der Waals surface area contributed by atoms with Crippen molar-refractivity contribution >= 4 is 23.5 Å². The number of hydrogen-bond acceptors (Lipinski definition) is 8. The molecule has 1 aliphatic heterocycles. The first-order chi connectivity index (χ1) is 19.6. The number of ether oxygens (including phenoxy) is 2. The SMILES string of the molecule is COC(=O)C1(C(=O)O)CCN(c2ncc(-c3cn4c(Cc5ccccc5OC(F)F)c(C)nc4cc3F)cn2)CC1. The molecule has 0 bridgehead atoms. The van der Waals surface area contributed by atoms with Crippen LogP contribution in [0.25, 0.3) is 16.8 Å². The number of benzene rings is 1. The number of carboxylic acid groups (broad SMARTS) is 1. The number of imidazole rings is 1. The molecular formula is C28H26F3N5O5. The number of carbonyl (C=O) groups excluding carboxylic acids is 1. The number of hydrogen-bond donors (Lipinski definition) is 1. The third-order valence-electron chi connectivity index (χ3n) is 7.39. The van der Waals surface area contributed by atoms with Crippen molar-refractivity contribution in [2.24, 2.45) is 5.41 Å². The molecule has 1 aromatic carbocycles. The van der Waals surface area contributed by atoms with E-state index in [2.05, 4.69) is 19.7 Å². The quantitative estimate of drug-likeness (QED) is 0.245. The van der Waals surface area contributed by atoms with E-state index >= 15 is 4.39 Å². The van der Waals surface area contributed by atoms with Gasteiger partial charge in [0.05, 0.1) is 12.8 Å². The normalized spacial score (nSPS) is 14.8. The zero-order valence-electron chi connectivity index (χ0n) is 22.2. The van der Waals surface area contributed by atoms with E-state index in [0.29, 0.717) is 34.1 Å². The zero-order chi connectivity index (χ0) is 29.3. The second-order valence-electron chi connectivity index (χ2n) is 9.71. The van der Waals surface area contributed by atoms with Gasteiger partial charge in [0.2, 0.25) is 5.95 Å². The average Bonchev–Trinajstić information content (AvgIpc) is 3.26. The number of pyridine rings is 1. The number of anilines is 1. The number of piperidine rings is 1. The van der Waals surface area contributed by atoms with Crippen molar-refractivity contribution < 1.29 is 37.3 Å². The van der Waals surface area contributed by atoms with Gasteiger partial charge >= 0.3 is 18.6 Å². The van der Waals surface area contributed by atoms with Crippen LogP contribution in [0.1, 0.15) is 29.8 Å². The Bertz CT molecular complexity index is 1600. The highest BCUT2D eigenvalue weighted by atomic mass is 19.3. The largest absolute Gasteiger partial charge is 0.480 e. The number of halogens is 3. The van der Waals surface area contributed by atoms with Crippen molar-refractivity contribution in [1.29, 1.82) is 0 Å². The minimum Gasteiger partial charge on any atom is -0.480 e. The number of rotatable bonds is 8. The maximum Gasteiger partial charge on any atom is 0.387 e. The number of aliphatic carboxylic acids is 1. The van der Waals surface area contributed by atoms with Gasteiger partial charge in [-0.15, -0.1) is 0 Å². The topological polar surface area (TPSA) is 119 Å². The summed E-state index contributed by atoms with van der Waals surface area (Å²) >= 11 is 0.